The number of hydrogen-bond donors (Lipinski definition) is 3. The molecule has 1 aliphatic rings. The minimum atomic E-state index is -3.51. The largest absolute Gasteiger partial charge is 0.399 e. The van der Waals surface area contributed by atoms with E-state index in [2.05, 4.69) is 16.3 Å². The number of thioether (sulfide) groups is 1. The van der Waals surface area contributed by atoms with E-state index in [0.29, 0.717) is 17.4 Å². The summed E-state index contributed by atoms with van der Waals surface area (Å²) in [5, 5.41) is 4.11. The second-order valence-corrected chi connectivity index (χ2v) is 8.31. The van der Waals surface area contributed by atoms with Crippen LogP contribution < -0.4 is 15.8 Å². The molecule has 1 aromatic carbocycles. The van der Waals surface area contributed by atoms with Crippen molar-refractivity contribution in [3.05, 3.63) is 18.2 Å². The van der Waals surface area contributed by atoms with E-state index in [1.807, 2.05) is 11.8 Å². The summed E-state index contributed by atoms with van der Waals surface area (Å²) in [7, 11) is -2.11. The van der Waals surface area contributed by atoms with Crippen molar-refractivity contribution < 1.29 is 8.42 Å². The summed E-state index contributed by atoms with van der Waals surface area (Å²) < 4.78 is 26.6. The van der Waals surface area contributed by atoms with Crippen LogP contribution in [0.2, 0.25) is 0 Å². The van der Waals surface area contributed by atoms with Crippen molar-refractivity contribution in [1.82, 2.24) is 4.72 Å². The van der Waals surface area contributed by atoms with Gasteiger partial charge in [-0.15, -0.1) is 0 Å². The van der Waals surface area contributed by atoms with Gasteiger partial charge in [0, 0.05) is 17.0 Å². The van der Waals surface area contributed by atoms with E-state index in [1.165, 1.54) is 26.0 Å². The fourth-order valence-electron chi connectivity index (χ4n) is 2.65. The highest BCUT2D eigenvalue weighted by atomic mass is 32.2. The highest BCUT2D eigenvalue weighted by Gasteiger charge is 2.23. The Morgan fingerprint density at radius 3 is 2.48 bits per heavy atom. The molecular weight excluding hydrogens is 306 g/mol. The molecule has 1 aromatic rings. The summed E-state index contributed by atoms with van der Waals surface area (Å²) in [4.78, 5) is 0.219. The summed E-state index contributed by atoms with van der Waals surface area (Å²) >= 11 is 1.92. The first-order valence-corrected chi connectivity index (χ1v) is 9.85. The van der Waals surface area contributed by atoms with Gasteiger partial charge in [-0.25, -0.2) is 13.1 Å². The fraction of sp³-hybridized carbons (Fsp3) is 0.571. The van der Waals surface area contributed by atoms with Crippen LogP contribution in [0, 0.1) is 0 Å². The standard InChI is InChI=1S/C14H23N3O2S2/c1-16-21(18,19)14-9-10(15)3-8-13(14)17-11-4-6-12(20-2)7-5-11/h3,8-9,11-12,16-17H,4-7,15H2,1-2H3. The average Bonchev–Trinajstić information content (AvgIpc) is 2.49. The van der Waals surface area contributed by atoms with Gasteiger partial charge in [0.2, 0.25) is 10.0 Å². The summed E-state index contributed by atoms with van der Waals surface area (Å²) in [5.74, 6) is 0. The van der Waals surface area contributed by atoms with Gasteiger partial charge in [0.1, 0.15) is 4.90 Å². The van der Waals surface area contributed by atoms with E-state index in [4.69, 9.17) is 5.73 Å². The second-order valence-electron chi connectivity index (χ2n) is 5.32. The van der Waals surface area contributed by atoms with Crippen LogP contribution in [0.3, 0.4) is 0 Å². The van der Waals surface area contributed by atoms with Gasteiger partial charge in [-0.2, -0.15) is 11.8 Å². The van der Waals surface area contributed by atoms with Gasteiger partial charge in [0.25, 0.3) is 0 Å². The lowest BCUT2D eigenvalue weighted by atomic mass is 9.95. The van der Waals surface area contributed by atoms with Crippen molar-refractivity contribution in [2.75, 3.05) is 24.4 Å². The molecule has 0 saturated heterocycles. The molecule has 0 aliphatic heterocycles. The zero-order valence-corrected chi connectivity index (χ0v) is 14.1. The fourth-order valence-corrected chi connectivity index (χ4v) is 4.32. The summed E-state index contributed by atoms with van der Waals surface area (Å²) in [6.45, 7) is 0. The SMILES string of the molecule is CNS(=O)(=O)c1cc(N)ccc1NC1CCC(SC)CC1. The van der Waals surface area contributed by atoms with E-state index >= 15 is 0 Å². The first-order valence-electron chi connectivity index (χ1n) is 7.08. The van der Waals surface area contributed by atoms with Gasteiger partial charge in [0.05, 0.1) is 5.69 Å². The van der Waals surface area contributed by atoms with Crippen molar-refractivity contribution in [3.63, 3.8) is 0 Å². The summed E-state index contributed by atoms with van der Waals surface area (Å²) in [6, 6.07) is 5.30. The van der Waals surface area contributed by atoms with Crippen LogP contribution in [0.25, 0.3) is 0 Å². The molecule has 118 valence electrons. The molecule has 1 aliphatic carbocycles. The minimum Gasteiger partial charge on any atom is -0.399 e. The first-order chi connectivity index (χ1) is 9.96. The molecule has 1 fully saturated rings. The molecule has 0 amide bonds. The van der Waals surface area contributed by atoms with Crippen LogP contribution in [0.1, 0.15) is 25.7 Å². The van der Waals surface area contributed by atoms with Crippen molar-refractivity contribution >= 4 is 33.2 Å². The lowest BCUT2D eigenvalue weighted by Crippen LogP contribution is -2.28. The van der Waals surface area contributed by atoms with E-state index in [0.717, 1.165) is 18.1 Å². The van der Waals surface area contributed by atoms with Gasteiger partial charge in [0.15, 0.2) is 0 Å². The van der Waals surface area contributed by atoms with Crippen molar-refractivity contribution in [2.45, 2.75) is 41.9 Å². The Morgan fingerprint density at radius 2 is 1.90 bits per heavy atom. The van der Waals surface area contributed by atoms with Gasteiger partial charge in [-0.05, 0) is 57.2 Å². The topological polar surface area (TPSA) is 84.2 Å². The normalized spacial score (nSPS) is 23.0. The Kier molecular flexibility index (Phi) is 5.40. The average molecular weight is 329 g/mol. The van der Waals surface area contributed by atoms with Gasteiger partial charge >= 0.3 is 0 Å². The molecule has 0 bridgehead atoms. The molecule has 0 aromatic heterocycles. The third kappa shape index (κ3) is 4.05. The number of anilines is 2. The second kappa shape index (κ2) is 6.89. The maximum absolute atomic E-state index is 12.1. The van der Waals surface area contributed by atoms with Crippen molar-refractivity contribution in [3.8, 4) is 0 Å². The number of nitrogens with two attached hydrogens (primary N) is 1. The third-order valence-electron chi connectivity index (χ3n) is 3.93. The van der Waals surface area contributed by atoms with Crippen LogP contribution in [0.15, 0.2) is 23.1 Å². The van der Waals surface area contributed by atoms with Gasteiger partial charge in [-0.3, -0.25) is 0 Å². The Morgan fingerprint density at radius 1 is 1.24 bits per heavy atom. The molecular formula is C14H23N3O2S2. The molecule has 0 atom stereocenters. The van der Waals surface area contributed by atoms with Crippen LogP contribution in [0.4, 0.5) is 11.4 Å². The van der Waals surface area contributed by atoms with Crippen LogP contribution >= 0.6 is 11.8 Å². The maximum Gasteiger partial charge on any atom is 0.242 e. The number of rotatable bonds is 5. The van der Waals surface area contributed by atoms with Crippen molar-refractivity contribution in [1.29, 1.82) is 0 Å². The predicted molar refractivity (Wildman–Crippen MR) is 90.3 cm³/mol. The highest BCUT2D eigenvalue weighted by Crippen LogP contribution is 2.31. The molecule has 7 heteroatoms. The van der Waals surface area contributed by atoms with E-state index < -0.39 is 10.0 Å². The molecule has 4 N–H and O–H groups in total. The van der Waals surface area contributed by atoms with Gasteiger partial charge < -0.3 is 11.1 Å². The Balaban J connectivity index is 2.17. The number of benzene rings is 1. The molecule has 0 spiro atoms. The molecule has 21 heavy (non-hydrogen) atoms. The van der Waals surface area contributed by atoms with E-state index in [1.54, 1.807) is 12.1 Å². The molecule has 5 nitrogen and oxygen atoms in total. The number of sulfonamides is 1. The Hall–Kier alpha value is -0.920. The summed E-state index contributed by atoms with van der Waals surface area (Å²) in [5.41, 5.74) is 6.80. The molecule has 1 saturated carbocycles. The predicted octanol–water partition coefficient (Wildman–Crippen LogP) is 2.26. The van der Waals surface area contributed by atoms with Crippen LogP contribution in [-0.2, 0) is 10.0 Å². The molecule has 0 heterocycles. The zero-order chi connectivity index (χ0) is 15.5. The Bertz CT molecular complexity index is 582. The van der Waals surface area contributed by atoms with Crippen molar-refractivity contribution in [2.24, 2.45) is 0 Å². The van der Waals surface area contributed by atoms with E-state index in [-0.39, 0.29) is 4.90 Å². The van der Waals surface area contributed by atoms with Crippen LogP contribution in [-0.4, -0.2) is 33.0 Å². The third-order valence-corrected chi connectivity index (χ3v) is 6.52. The quantitative estimate of drug-likeness (QED) is 0.722. The van der Waals surface area contributed by atoms with E-state index in [9.17, 15) is 8.42 Å². The molecule has 2 rings (SSSR count). The smallest absolute Gasteiger partial charge is 0.242 e. The monoisotopic (exact) mass is 329 g/mol. The number of hydrogen-bond acceptors (Lipinski definition) is 5. The number of nitrogens with one attached hydrogen (secondary N) is 2. The zero-order valence-electron chi connectivity index (χ0n) is 12.4. The Labute approximate surface area is 131 Å². The lowest BCUT2D eigenvalue weighted by Gasteiger charge is -2.29. The highest BCUT2D eigenvalue weighted by molar-refractivity contribution is 7.99. The number of nitrogen functional groups attached to an aromatic ring is 1. The molecule has 0 unspecified atom stereocenters. The van der Waals surface area contributed by atoms with Gasteiger partial charge in [-0.1, -0.05) is 0 Å². The minimum absolute atomic E-state index is 0.219. The molecule has 0 radical (unpaired) electrons. The summed E-state index contributed by atoms with van der Waals surface area (Å²) in [6.07, 6.45) is 6.61. The maximum atomic E-state index is 12.1. The first kappa shape index (κ1) is 16.5. The lowest BCUT2D eigenvalue weighted by molar-refractivity contribution is 0.472. The van der Waals surface area contributed by atoms with Crippen LogP contribution in [0.5, 0.6) is 0 Å².